The maximum Gasteiger partial charge on any atom is 0.0114 e. The fraction of sp³-hybridized carbons (Fsp3) is 0.600. The molecule has 1 aromatic heterocycles. The van der Waals surface area contributed by atoms with Crippen LogP contribution in [0.5, 0.6) is 0 Å². The monoisotopic (exact) mass is 258 g/mol. The summed E-state index contributed by atoms with van der Waals surface area (Å²) in [4.78, 5) is 1.45. The second kappa shape index (κ2) is 17.8. The molecule has 0 spiro atoms. The molecule has 1 heterocycles. The van der Waals surface area contributed by atoms with Crippen LogP contribution in [0.1, 0.15) is 64.7 Å². The molecule has 2 heteroatoms. The lowest BCUT2D eigenvalue weighted by molar-refractivity contribution is 0.728. The van der Waals surface area contributed by atoms with E-state index in [1.165, 1.54) is 24.1 Å². The Hall–Kier alpha value is -0.600. The summed E-state index contributed by atoms with van der Waals surface area (Å²) in [6.07, 6.45) is 5.76. The third-order valence-corrected chi connectivity index (χ3v) is 2.80. The van der Waals surface area contributed by atoms with Gasteiger partial charge in [-0.25, -0.2) is 0 Å². The molecule has 0 aromatic carbocycles. The first-order valence-electron chi connectivity index (χ1n) is 6.45. The zero-order valence-electron chi connectivity index (χ0n) is 12.1. The van der Waals surface area contributed by atoms with E-state index in [2.05, 4.69) is 50.9 Å². The number of thiophene rings is 1. The van der Waals surface area contributed by atoms with Crippen molar-refractivity contribution >= 4 is 11.3 Å². The van der Waals surface area contributed by atoms with E-state index in [4.69, 9.17) is 0 Å². The lowest BCUT2D eigenvalue weighted by Gasteiger charge is -2.07. The highest BCUT2D eigenvalue weighted by atomic mass is 32.1. The van der Waals surface area contributed by atoms with Crippen LogP contribution in [0, 0.1) is 0 Å². The molecule has 1 aromatic rings. The largest absolute Gasteiger partial charge is 0.412 e. The molecule has 0 amide bonds. The van der Waals surface area contributed by atoms with E-state index in [-0.39, 0.29) is 5.48 Å². The van der Waals surface area contributed by atoms with Crippen LogP contribution in [-0.2, 0) is 0 Å². The summed E-state index contributed by atoms with van der Waals surface area (Å²) in [5.74, 6) is 0.583. The number of rotatable bonds is 4. The van der Waals surface area contributed by atoms with Crippen molar-refractivity contribution in [2.45, 2.75) is 59.8 Å². The first-order chi connectivity index (χ1) is 7.79. The van der Waals surface area contributed by atoms with Crippen molar-refractivity contribution in [3.05, 3.63) is 35.0 Å². The van der Waals surface area contributed by atoms with Gasteiger partial charge in [0.25, 0.3) is 0 Å². The molecule has 0 aliphatic carbocycles. The summed E-state index contributed by atoms with van der Waals surface area (Å²) in [6, 6.07) is 4.29. The molecule has 1 rings (SSSR count). The Kier molecular flexibility index (Phi) is 22.7. The quantitative estimate of drug-likeness (QED) is 0.644. The van der Waals surface area contributed by atoms with Crippen LogP contribution < -0.4 is 0 Å². The van der Waals surface area contributed by atoms with Gasteiger partial charge in [-0.15, -0.1) is 17.9 Å². The second-order valence-corrected chi connectivity index (χ2v) is 4.33. The summed E-state index contributed by atoms with van der Waals surface area (Å²) in [7, 11) is 0. The fourth-order valence-corrected chi connectivity index (χ4v) is 2.05. The van der Waals surface area contributed by atoms with Crippen LogP contribution >= 0.6 is 11.3 Å². The van der Waals surface area contributed by atoms with Gasteiger partial charge in [0, 0.05) is 10.8 Å². The van der Waals surface area contributed by atoms with Gasteiger partial charge in [0.2, 0.25) is 0 Å². The Bertz CT molecular complexity index is 217. The Morgan fingerprint density at radius 2 is 1.82 bits per heavy atom. The van der Waals surface area contributed by atoms with Gasteiger partial charge in [-0.2, -0.15) is 0 Å². The van der Waals surface area contributed by atoms with Crippen LogP contribution in [-0.4, -0.2) is 5.48 Å². The minimum absolute atomic E-state index is 0. The molecule has 102 valence electrons. The molecular weight excluding hydrogens is 228 g/mol. The molecule has 0 saturated carbocycles. The van der Waals surface area contributed by atoms with E-state index < -0.39 is 0 Å². The molecule has 0 aliphatic heterocycles. The van der Waals surface area contributed by atoms with Crippen molar-refractivity contribution in [3.63, 3.8) is 0 Å². The van der Waals surface area contributed by atoms with E-state index in [1.54, 1.807) is 0 Å². The van der Waals surface area contributed by atoms with Gasteiger partial charge >= 0.3 is 0 Å². The number of hydrogen-bond acceptors (Lipinski definition) is 1. The second-order valence-electron chi connectivity index (χ2n) is 3.35. The smallest absolute Gasteiger partial charge is 0.0114 e. The van der Waals surface area contributed by atoms with Crippen LogP contribution in [0.25, 0.3) is 0 Å². The maximum absolute atomic E-state index is 3.84. The highest BCUT2D eigenvalue weighted by molar-refractivity contribution is 7.10. The van der Waals surface area contributed by atoms with Gasteiger partial charge in [-0.1, -0.05) is 59.6 Å². The molecule has 0 radical (unpaired) electrons. The third kappa shape index (κ3) is 11.7. The number of allylic oxidation sites excluding steroid dienone is 1. The van der Waals surface area contributed by atoms with E-state index in [0.717, 1.165) is 0 Å². The average molecular weight is 258 g/mol. The minimum atomic E-state index is 0. The molecule has 0 saturated heterocycles. The normalized spacial score (nSPS) is 9.71. The molecule has 0 fully saturated rings. The van der Waals surface area contributed by atoms with Crippen LogP contribution in [0.4, 0.5) is 0 Å². The zero-order valence-corrected chi connectivity index (χ0v) is 12.9. The van der Waals surface area contributed by atoms with Crippen LogP contribution in [0.3, 0.4) is 0 Å². The standard InChI is InChI=1S/C10H14S.C3H8.C2H6.H2O/c1-3-6-9(4-2)10-7-5-8-11-10;1-3-2;1-2;/h4-5,7-9H,2-3,6H2,1H3;3H2,1-2H3;1-2H3;1H2. The first-order valence-corrected chi connectivity index (χ1v) is 7.33. The van der Waals surface area contributed by atoms with Gasteiger partial charge < -0.3 is 5.48 Å². The molecule has 2 N–H and O–H groups in total. The van der Waals surface area contributed by atoms with Crippen molar-refractivity contribution in [2.75, 3.05) is 0 Å². The molecule has 1 nitrogen and oxygen atoms in total. The van der Waals surface area contributed by atoms with E-state index in [0.29, 0.717) is 5.92 Å². The Labute approximate surface area is 112 Å². The van der Waals surface area contributed by atoms with E-state index in [1.807, 2.05) is 25.2 Å². The summed E-state index contributed by atoms with van der Waals surface area (Å²) >= 11 is 1.82. The SMILES string of the molecule is C=CC(CCC)c1cccs1.CC.CCC.O. The lowest BCUT2D eigenvalue weighted by atomic mass is 10.0. The highest BCUT2D eigenvalue weighted by Gasteiger charge is 2.05. The number of hydrogen-bond donors (Lipinski definition) is 0. The molecular formula is C15H30OS. The average Bonchev–Trinajstić information content (AvgIpc) is 2.83. The Morgan fingerprint density at radius 1 is 1.29 bits per heavy atom. The van der Waals surface area contributed by atoms with Crippen LogP contribution in [0.15, 0.2) is 30.2 Å². The van der Waals surface area contributed by atoms with Gasteiger partial charge in [0.15, 0.2) is 0 Å². The lowest BCUT2D eigenvalue weighted by Crippen LogP contribution is -1.89. The zero-order chi connectivity index (χ0) is 12.8. The van der Waals surface area contributed by atoms with Gasteiger partial charge in [-0.3, -0.25) is 0 Å². The third-order valence-electron chi connectivity index (χ3n) is 1.79. The van der Waals surface area contributed by atoms with Crippen molar-refractivity contribution in [1.82, 2.24) is 0 Å². The predicted octanol–water partition coefficient (Wildman–Crippen LogP) is 5.44. The minimum Gasteiger partial charge on any atom is -0.412 e. The molecule has 1 atom stereocenters. The van der Waals surface area contributed by atoms with E-state index >= 15 is 0 Å². The van der Waals surface area contributed by atoms with Gasteiger partial charge in [-0.05, 0) is 17.9 Å². The summed E-state index contributed by atoms with van der Waals surface area (Å²) in [5, 5.41) is 2.13. The van der Waals surface area contributed by atoms with Gasteiger partial charge in [0.05, 0.1) is 0 Å². The Morgan fingerprint density at radius 3 is 2.12 bits per heavy atom. The van der Waals surface area contributed by atoms with Crippen molar-refractivity contribution in [1.29, 1.82) is 0 Å². The molecule has 0 aliphatic rings. The van der Waals surface area contributed by atoms with Crippen molar-refractivity contribution < 1.29 is 5.48 Å². The fourth-order valence-electron chi connectivity index (χ4n) is 1.19. The Balaban J connectivity index is -0.000000286. The summed E-state index contributed by atoms with van der Waals surface area (Å²) in [6.45, 7) is 14.3. The summed E-state index contributed by atoms with van der Waals surface area (Å²) < 4.78 is 0. The highest BCUT2D eigenvalue weighted by Crippen LogP contribution is 2.25. The molecule has 0 bridgehead atoms. The van der Waals surface area contributed by atoms with Crippen molar-refractivity contribution in [3.8, 4) is 0 Å². The van der Waals surface area contributed by atoms with E-state index in [9.17, 15) is 0 Å². The van der Waals surface area contributed by atoms with Crippen LogP contribution in [0.2, 0.25) is 0 Å². The topological polar surface area (TPSA) is 31.5 Å². The predicted molar refractivity (Wildman–Crippen MR) is 83.1 cm³/mol. The maximum atomic E-state index is 3.84. The summed E-state index contributed by atoms with van der Waals surface area (Å²) in [5.41, 5.74) is 0. The van der Waals surface area contributed by atoms with Gasteiger partial charge in [0.1, 0.15) is 0 Å². The van der Waals surface area contributed by atoms with Crippen molar-refractivity contribution in [2.24, 2.45) is 0 Å². The molecule has 17 heavy (non-hydrogen) atoms. The first kappa shape index (κ1) is 21.7. The molecule has 1 unspecified atom stereocenters.